The Morgan fingerprint density at radius 3 is 1.68 bits per heavy atom. The topological polar surface area (TPSA) is 37.4 Å². The molecule has 0 atom stereocenters. The summed E-state index contributed by atoms with van der Waals surface area (Å²) in [5.41, 5.74) is -1.30. The molecular weight excluding hydrogens is 338 g/mol. The normalized spacial score (nSPS) is 10.6. The molecule has 25 heavy (non-hydrogen) atoms. The zero-order chi connectivity index (χ0) is 18.6. The monoisotopic (exact) mass is 353 g/mol. The quantitative estimate of drug-likeness (QED) is 0.593. The molecule has 0 aliphatic heterocycles. The van der Waals surface area contributed by atoms with Gasteiger partial charge in [-0.1, -0.05) is 13.3 Å². The molecule has 2 aromatic carbocycles. The van der Waals surface area contributed by atoms with Crippen molar-refractivity contribution >= 4 is 11.8 Å². The SMILES string of the molecule is CCCCN(C(=O)c1cc(F)ccc1F)C(=O)c1cc(F)ccc1F. The molecule has 7 heteroatoms. The number of nitrogens with zero attached hydrogens (tertiary/aromatic N) is 1. The Kier molecular flexibility index (Phi) is 5.90. The molecule has 2 rings (SSSR count). The van der Waals surface area contributed by atoms with E-state index in [0.29, 0.717) is 29.9 Å². The summed E-state index contributed by atoms with van der Waals surface area (Å²) in [6.07, 6.45) is 0.958. The highest BCUT2D eigenvalue weighted by molar-refractivity contribution is 6.10. The molecule has 0 radical (unpaired) electrons. The van der Waals surface area contributed by atoms with Crippen molar-refractivity contribution in [2.45, 2.75) is 19.8 Å². The van der Waals surface area contributed by atoms with E-state index >= 15 is 0 Å². The number of benzene rings is 2. The van der Waals surface area contributed by atoms with Gasteiger partial charge in [-0.15, -0.1) is 0 Å². The Labute approximate surface area is 141 Å². The second kappa shape index (κ2) is 7.92. The molecule has 2 amide bonds. The van der Waals surface area contributed by atoms with Crippen LogP contribution in [0.1, 0.15) is 40.5 Å². The van der Waals surface area contributed by atoms with Gasteiger partial charge in [0.05, 0.1) is 11.1 Å². The van der Waals surface area contributed by atoms with Crippen LogP contribution in [0.3, 0.4) is 0 Å². The first-order chi connectivity index (χ1) is 11.8. The average Bonchev–Trinajstić information content (AvgIpc) is 2.59. The summed E-state index contributed by atoms with van der Waals surface area (Å²) in [5.74, 6) is -5.96. The van der Waals surface area contributed by atoms with Crippen LogP contribution in [0, 0.1) is 23.3 Å². The first-order valence-electron chi connectivity index (χ1n) is 7.61. The van der Waals surface area contributed by atoms with Crippen LogP contribution < -0.4 is 0 Å². The smallest absolute Gasteiger partial charge is 0.263 e. The molecule has 0 aliphatic carbocycles. The van der Waals surface area contributed by atoms with Crippen molar-refractivity contribution in [3.8, 4) is 0 Å². The fourth-order valence-corrected chi connectivity index (χ4v) is 2.23. The Morgan fingerprint density at radius 1 is 0.840 bits per heavy atom. The van der Waals surface area contributed by atoms with Gasteiger partial charge in [-0.25, -0.2) is 17.6 Å². The zero-order valence-corrected chi connectivity index (χ0v) is 13.4. The second-order valence-corrected chi connectivity index (χ2v) is 5.36. The number of hydrogen-bond acceptors (Lipinski definition) is 2. The van der Waals surface area contributed by atoms with E-state index in [-0.39, 0.29) is 6.54 Å². The highest BCUT2D eigenvalue weighted by Gasteiger charge is 2.28. The Morgan fingerprint density at radius 2 is 1.28 bits per heavy atom. The van der Waals surface area contributed by atoms with Crippen molar-refractivity contribution in [2.75, 3.05) is 6.54 Å². The molecule has 3 nitrogen and oxygen atoms in total. The number of amides is 2. The summed E-state index contributed by atoms with van der Waals surface area (Å²) in [4.78, 5) is 25.6. The molecule has 0 aliphatic rings. The van der Waals surface area contributed by atoms with E-state index in [1.165, 1.54) is 0 Å². The summed E-state index contributed by atoms with van der Waals surface area (Å²) < 4.78 is 54.4. The summed E-state index contributed by atoms with van der Waals surface area (Å²) in [5, 5.41) is 0. The Hall–Kier alpha value is -2.70. The molecule has 0 heterocycles. The van der Waals surface area contributed by atoms with Crippen molar-refractivity contribution in [1.29, 1.82) is 0 Å². The van der Waals surface area contributed by atoms with E-state index < -0.39 is 46.2 Å². The van der Waals surface area contributed by atoms with Gasteiger partial charge < -0.3 is 0 Å². The summed E-state index contributed by atoms with van der Waals surface area (Å²) >= 11 is 0. The molecule has 2 aromatic rings. The summed E-state index contributed by atoms with van der Waals surface area (Å²) in [6.45, 7) is 1.65. The lowest BCUT2D eigenvalue weighted by Crippen LogP contribution is -2.38. The molecule has 0 fully saturated rings. The number of unbranched alkanes of at least 4 members (excludes halogenated alkanes) is 1. The second-order valence-electron chi connectivity index (χ2n) is 5.36. The largest absolute Gasteiger partial charge is 0.274 e. The first-order valence-corrected chi connectivity index (χ1v) is 7.61. The molecule has 0 saturated carbocycles. The van der Waals surface area contributed by atoms with E-state index in [4.69, 9.17) is 0 Å². The maximum absolute atomic E-state index is 13.9. The van der Waals surface area contributed by atoms with Gasteiger partial charge >= 0.3 is 0 Å². The van der Waals surface area contributed by atoms with Gasteiger partial charge in [-0.2, -0.15) is 0 Å². The molecule has 0 N–H and O–H groups in total. The van der Waals surface area contributed by atoms with Crippen LogP contribution in [-0.4, -0.2) is 23.3 Å². The van der Waals surface area contributed by atoms with E-state index in [1.54, 1.807) is 6.92 Å². The lowest BCUT2D eigenvalue weighted by atomic mass is 10.1. The number of hydrogen-bond donors (Lipinski definition) is 0. The third kappa shape index (κ3) is 4.23. The van der Waals surface area contributed by atoms with Crippen molar-refractivity contribution < 1.29 is 27.2 Å². The van der Waals surface area contributed by atoms with Crippen molar-refractivity contribution in [3.63, 3.8) is 0 Å². The predicted molar refractivity (Wildman–Crippen MR) is 83.0 cm³/mol. The maximum Gasteiger partial charge on any atom is 0.263 e. The summed E-state index contributed by atoms with van der Waals surface area (Å²) in [6, 6.07) is 4.49. The third-order valence-corrected chi connectivity index (χ3v) is 3.54. The highest BCUT2D eigenvalue weighted by atomic mass is 19.1. The molecule has 0 saturated heterocycles. The number of halogens is 4. The predicted octanol–water partition coefficient (Wildman–Crippen LogP) is 4.33. The molecule has 0 unspecified atom stereocenters. The van der Waals surface area contributed by atoms with E-state index in [9.17, 15) is 27.2 Å². The number of imide groups is 1. The van der Waals surface area contributed by atoms with Gasteiger partial charge in [0.15, 0.2) is 0 Å². The molecule has 132 valence electrons. The van der Waals surface area contributed by atoms with Crippen LogP contribution in [0.25, 0.3) is 0 Å². The minimum absolute atomic E-state index is 0.139. The van der Waals surface area contributed by atoms with Crippen molar-refractivity contribution in [3.05, 3.63) is 70.8 Å². The minimum atomic E-state index is -1.11. The van der Waals surface area contributed by atoms with Gasteiger partial charge in [0.1, 0.15) is 23.3 Å². The van der Waals surface area contributed by atoms with E-state index in [2.05, 4.69) is 0 Å². The van der Waals surface area contributed by atoms with Gasteiger partial charge in [0, 0.05) is 6.54 Å². The fourth-order valence-electron chi connectivity index (χ4n) is 2.23. The van der Waals surface area contributed by atoms with Crippen LogP contribution in [0.5, 0.6) is 0 Å². The van der Waals surface area contributed by atoms with Crippen LogP contribution in [-0.2, 0) is 0 Å². The number of carbonyl (C=O) groups excluding carboxylic acids is 2. The molecule has 0 bridgehead atoms. The van der Waals surface area contributed by atoms with Crippen molar-refractivity contribution in [2.24, 2.45) is 0 Å². The zero-order valence-electron chi connectivity index (χ0n) is 13.4. The van der Waals surface area contributed by atoms with Crippen LogP contribution in [0.4, 0.5) is 17.6 Å². The number of carbonyl (C=O) groups is 2. The molecule has 0 spiro atoms. The lowest BCUT2D eigenvalue weighted by Gasteiger charge is -2.21. The average molecular weight is 353 g/mol. The van der Waals surface area contributed by atoms with E-state index in [1.807, 2.05) is 0 Å². The van der Waals surface area contributed by atoms with Crippen LogP contribution in [0.15, 0.2) is 36.4 Å². The Balaban J connectivity index is 2.44. The van der Waals surface area contributed by atoms with Gasteiger partial charge in [0.25, 0.3) is 11.8 Å². The molecule has 0 aromatic heterocycles. The fraction of sp³-hybridized carbons (Fsp3) is 0.222. The van der Waals surface area contributed by atoms with Gasteiger partial charge in [0.2, 0.25) is 0 Å². The summed E-state index contributed by atoms with van der Waals surface area (Å²) in [7, 11) is 0. The minimum Gasteiger partial charge on any atom is -0.274 e. The van der Waals surface area contributed by atoms with Gasteiger partial charge in [-0.05, 0) is 42.8 Å². The first kappa shape index (κ1) is 18.6. The lowest BCUT2D eigenvalue weighted by molar-refractivity contribution is 0.0608. The van der Waals surface area contributed by atoms with Gasteiger partial charge in [-0.3, -0.25) is 14.5 Å². The molecular formula is C18H15F4NO2. The standard InChI is InChI=1S/C18H15F4NO2/c1-2-3-8-23(17(24)13-9-11(19)4-6-15(13)21)18(25)14-10-12(20)5-7-16(14)22/h4-7,9-10H,2-3,8H2,1H3. The number of rotatable bonds is 5. The van der Waals surface area contributed by atoms with E-state index in [0.717, 1.165) is 24.3 Å². The van der Waals surface area contributed by atoms with Crippen LogP contribution in [0.2, 0.25) is 0 Å². The highest BCUT2D eigenvalue weighted by Crippen LogP contribution is 2.18. The third-order valence-electron chi connectivity index (χ3n) is 3.54. The Bertz CT molecular complexity index is 744. The van der Waals surface area contributed by atoms with Crippen molar-refractivity contribution in [1.82, 2.24) is 4.90 Å². The van der Waals surface area contributed by atoms with Crippen LogP contribution >= 0.6 is 0 Å². The maximum atomic E-state index is 13.9.